The van der Waals surface area contributed by atoms with Crippen LogP contribution in [0.25, 0.3) is 16.8 Å². The van der Waals surface area contributed by atoms with Crippen LogP contribution in [-0.2, 0) is 10.0 Å². The van der Waals surface area contributed by atoms with Crippen molar-refractivity contribution in [3.63, 3.8) is 0 Å². The van der Waals surface area contributed by atoms with E-state index in [9.17, 15) is 13.2 Å². The summed E-state index contributed by atoms with van der Waals surface area (Å²) in [6.07, 6.45) is 7.57. The number of amides is 2. The summed E-state index contributed by atoms with van der Waals surface area (Å²) in [4.78, 5) is 19.4. The Labute approximate surface area is 215 Å². The minimum absolute atomic E-state index is 0.0168. The zero-order valence-electron chi connectivity index (χ0n) is 21.0. The SMILES string of the molecule is CC[C@@H]1CN(C(=O)NCCC2CC2)C[C@@H]1c1nnc2cnc3c(ccn3S(=O)(=O)c3ccc(C)cc3)n12. The molecule has 10 nitrogen and oxygen atoms in total. The van der Waals surface area contributed by atoms with E-state index in [1.165, 1.54) is 23.0 Å². The second kappa shape index (κ2) is 9.13. The summed E-state index contributed by atoms with van der Waals surface area (Å²) in [5, 5.41) is 11.9. The predicted octanol–water partition coefficient (Wildman–Crippen LogP) is 3.56. The van der Waals surface area contributed by atoms with Gasteiger partial charge in [-0.2, -0.15) is 0 Å². The van der Waals surface area contributed by atoms with E-state index in [-0.39, 0.29) is 22.8 Å². The Bertz CT molecular complexity index is 1570. The van der Waals surface area contributed by atoms with Crippen LogP contribution in [0.5, 0.6) is 0 Å². The number of hydrogen-bond donors (Lipinski definition) is 1. The molecule has 1 saturated heterocycles. The summed E-state index contributed by atoms with van der Waals surface area (Å²) in [6, 6.07) is 8.48. The van der Waals surface area contributed by atoms with Crippen LogP contribution in [0.15, 0.2) is 47.6 Å². The molecule has 1 saturated carbocycles. The Balaban J connectivity index is 1.34. The molecule has 2 aliphatic rings. The summed E-state index contributed by atoms with van der Waals surface area (Å²) < 4.78 is 29.9. The summed E-state index contributed by atoms with van der Waals surface area (Å²) in [5.41, 5.74) is 2.47. The summed E-state index contributed by atoms with van der Waals surface area (Å²) in [5.74, 6) is 1.71. The first-order valence-corrected chi connectivity index (χ1v) is 14.4. The highest BCUT2D eigenvalue weighted by molar-refractivity contribution is 7.90. The molecule has 37 heavy (non-hydrogen) atoms. The van der Waals surface area contributed by atoms with E-state index in [2.05, 4.69) is 27.4 Å². The molecule has 1 aliphatic carbocycles. The van der Waals surface area contributed by atoms with Gasteiger partial charge in [-0.25, -0.2) is 22.2 Å². The van der Waals surface area contributed by atoms with Crippen molar-refractivity contribution in [1.29, 1.82) is 0 Å². The van der Waals surface area contributed by atoms with Gasteiger partial charge in [0.25, 0.3) is 10.0 Å². The van der Waals surface area contributed by atoms with Crippen molar-refractivity contribution in [3.05, 3.63) is 54.1 Å². The smallest absolute Gasteiger partial charge is 0.317 e. The van der Waals surface area contributed by atoms with Gasteiger partial charge in [0.05, 0.1) is 16.6 Å². The van der Waals surface area contributed by atoms with Crippen molar-refractivity contribution in [2.45, 2.75) is 50.3 Å². The maximum atomic E-state index is 13.4. The molecule has 1 N–H and O–H groups in total. The minimum Gasteiger partial charge on any atom is -0.338 e. The Morgan fingerprint density at radius 3 is 2.62 bits per heavy atom. The van der Waals surface area contributed by atoms with Crippen molar-refractivity contribution in [1.82, 2.24) is 33.8 Å². The molecule has 0 spiro atoms. The highest BCUT2D eigenvalue weighted by Gasteiger charge is 2.38. The van der Waals surface area contributed by atoms with E-state index in [4.69, 9.17) is 0 Å². The van der Waals surface area contributed by atoms with Crippen LogP contribution < -0.4 is 5.32 Å². The molecule has 1 aliphatic heterocycles. The topological polar surface area (TPSA) is 114 Å². The first-order chi connectivity index (χ1) is 17.9. The van der Waals surface area contributed by atoms with Gasteiger partial charge in [0.2, 0.25) is 0 Å². The van der Waals surface area contributed by atoms with E-state index in [1.807, 2.05) is 16.2 Å². The lowest BCUT2D eigenvalue weighted by molar-refractivity contribution is 0.206. The zero-order chi connectivity index (χ0) is 25.7. The molecular formula is C26H31N7O3S. The third kappa shape index (κ3) is 4.24. The fraction of sp³-hybridized carbons (Fsp3) is 0.462. The van der Waals surface area contributed by atoms with Crippen LogP contribution in [0.2, 0.25) is 0 Å². The number of aryl methyl sites for hydroxylation is 1. The molecule has 0 radical (unpaired) electrons. The zero-order valence-corrected chi connectivity index (χ0v) is 21.9. The number of benzene rings is 1. The first kappa shape index (κ1) is 23.9. The van der Waals surface area contributed by atoms with Crippen LogP contribution >= 0.6 is 0 Å². The molecule has 4 heterocycles. The van der Waals surface area contributed by atoms with Crippen molar-refractivity contribution in [3.8, 4) is 0 Å². The van der Waals surface area contributed by atoms with Crippen molar-refractivity contribution >= 4 is 32.9 Å². The van der Waals surface area contributed by atoms with E-state index in [1.54, 1.807) is 36.5 Å². The van der Waals surface area contributed by atoms with Gasteiger partial charge in [-0.15, -0.1) is 10.2 Å². The first-order valence-electron chi connectivity index (χ1n) is 12.9. The van der Waals surface area contributed by atoms with Crippen molar-refractivity contribution in [2.24, 2.45) is 11.8 Å². The molecule has 2 amide bonds. The van der Waals surface area contributed by atoms with Gasteiger partial charge in [0.15, 0.2) is 11.3 Å². The van der Waals surface area contributed by atoms with Gasteiger partial charge < -0.3 is 10.2 Å². The standard InChI is InChI=1S/C26H31N7O3S/c1-3-19-15-31(26(34)27-12-10-18-6-7-18)16-21(19)24-30-29-23-14-28-25-22(33(23)24)11-13-32(25)37(35,36)20-8-4-17(2)5-9-20/h4-5,8-9,11,13-14,18-19,21H,3,6-7,10,12,15-16H2,1-2H3,(H,27,34)/t19-,21+/m1/s1. The second-order valence-electron chi connectivity index (χ2n) is 10.3. The maximum absolute atomic E-state index is 13.4. The number of carbonyl (C=O) groups is 1. The van der Waals surface area contributed by atoms with Crippen LogP contribution in [0, 0.1) is 18.8 Å². The molecule has 11 heteroatoms. The number of likely N-dealkylation sites (tertiary alicyclic amines) is 1. The fourth-order valence-corrected chi connectivity index (χ4v) is 6.65. The fourth-order valence-electron chi connectivity index (χ4n) is 5.35. The van der Waals surface area contributed by atoms with E-state index in [0.717, 1.165) is 30.1 Å². The monoisotopic (exact) mass is 521 g/mol. The lowest BCUT2D eigenvalue weighted by Gasteiger charge is -2.17. The van der Waals surface area contributed by atoms with Gasteiger partial charge >= 0.3 is 6.03 Å². The Hall–Kier alpha value is -3.47. The molecule has 6 rings (SSSR count). The van der Waals surface area contributed by atoms with Crippen molar-refractivity contribution in [2.75, 3.05) is 19.6 Å². The number of hydrogen-bond acceptors (Lipinski definition) is 6. The number of fused-ring (bicyclic) bond motifs is 3. The molecule has 1 aromatic carbocycles. The number of rotatable bonds is 7. The summed E-state index contributed by atoms with van der Waals surface area (Å²) in [6.45, 7) is 5.95. The molecule has 0 unspecified atom stereocenters. The number of urea groups is 1. The van der Waals surface area contributed by atoms with Crippen LogP contribution in [-0.4, -0.2) is 62.5 Å². The molecule has 194 valence electrons. The molecular weight excluding hydrogens is 490 g/mol. The average Bonchev–Trinajstić information content (AvgIpc) is 3.28. The Morgan fingerprint density at radius 2 is 1.89 bits per heavy atom. The molecule has 2 fully saturated rings. The molecule has 3 aromatic heterocycles. The third-order valence-electron chi connectivity index (χ3n) is 7.75. The lowest BCUT2D eigenvalue weighted by atomic mass is 9.93. The van der Waals surface area contributed by atoms with Crippen molar-refractivity contribution < 1.29 is 13.2 Å². The van der Waals surface area contributed by atoms with Gasteiger partial charge in [-0.3, -0.25) is 4.40 Å². The second-order valence-corrected chi connectivity index (χ2v) is 12.1. The normalized spacial score (nSPS) is 20.2. The largest absolute Gasteiger partial charge is 0.338 e. The predicted molar refractivity (Wildman–Crippen MR) is 139 cm³/mol. The van der Waals surface area contributed by atoms with E-state index in [0.29, 0.717) is 36.4 Å². The third-order valence-corrected chi connectivity index (χ3v) is 9.43. The van der Waals surface area contributed by atoms with Crippen LogP contribution in [0.3, 0.4) is 0 Å². The van der Waals surface area contributed by atoms with E-state index < -0.39 is 10.0 Å². The Kier molecular flexibility index (Phi) is 5.89. The Morgan fingerprint density at radius 1 is 1.11 bits per heavy atom. The number of aromatic nitrogens is 5. The number of carbonyl (C=O) groups excluding carboxylic acids is 1. The number of nitrogens with one attached hydrogen (secondary N) is 1. The highest BCUT2D eigenvalue weighted by Crippen LogP contribution is 2.35. The summed E-state index contributed by atoms with van der Waals surface area (Å²) >= 11 is 0. The van der Waals surface area contributed by atoms with Crippen LogP contribution in [0.1, 0.15) is 49.9 Å². The molecule has 2 atom stereocenters. The average molecular weight is 522 g/mol. The van der Waals surface area contributed by atoms with Gasteiger partial charge in [-0.1, -0.05) is 43.9 Å². The maximum Gasteiger partial charge on any atom is 0.317 e. The van der Waals surface area contributed by atoms with Gasteiger partial charge in [0.1, 0.15) is 5.82 Å². The van der Waals surface area contributed by atoms with Crippen LogP contribution in [0.4, 0.5) is 4.79 Å². The van der Waals surface area contributed by atoms with Gasteiger partial charge in [-0.05, 0) is 43.4 Å². The molecule has 4 aromatic rings. The minimum atomic E-state index is -3.83. The lowest BCUT2D eigenvalue weighted by Crippen LogP contribution is -2.39. The van der Waals surface area contributed by atoms with Gasteiger partial charge in [0, 0.05) is 31.7 Å². The quantitative estimate of drug-likeness (QED) is 0.398. The highest BCUT2D eigenvalue weighted by atomic mass is 32.2. The van der Waals surface area contributed by atoms with E-state index >= 15 is 0 Å². The number of nitrogens with zero attached hydrogens (tertiary/aromatic N) is 6. The molecule has 0 bridgehead atoms. The summed E-state index contributed by atoms with van der Waals surface area (Å²) in [7, 11) is -3.83.